The Balaban J connectivity index is 1.86. The summed E-state index contributed by atoms with van der Waals surface area (Å²) in [5.74, 6) is 0. The van der Waals surface area contributed by atoms with Crippen molar-refractivity contribution in [3.63, 3.8) is 0 Å². The lowest BCUT2D eigenvalue weighted by Gasteiger charge is -2.14. The van der Waals surface area contributed by atoms with Crippen molar-refractivity contribution in [1.29, 1.82) is 0 Å². The zero-order valence-corrected chi connectivity index (χ0v) is 16.5. The van der Waals surface area contributed by atoms with E-state index in [-0.39, 0.29) is 0 Å². The van der Waals surface area contributed by atoms with Crippen LogP contribution in [0.2, 0.25) is 5.02 Å². The van der Waals surface area contributed by atoms with E-state index in [9.17, 15) is 0 Å². The van der Waals surface area contributed by atoms with E-state index in [1.807, 2.05) is 11.3 Å². The van der Waals surface area contributed by atoms with Crippen LogP contribution in [-0.4, -0.2) is 0 Å². The van der Waals surface area contributed by atoms with Gasteiger partial charge in [-0.1, -0.05) is 96.5 Å². The largest absolute Gasteiger partial charge is 0.135 e. The number of hydrogen-bond acceptors (Lipinski definition) is 1. The Morgan fingerprint density at radius 2 is 1.04 bits per heavy atom. The predicted molar refractivity (Wildman–Crippen MR) is 125 cm³/mol. The van der Waals surface area contributed by atoms with Crippen LogP contribution in [0.4, 0.5) is 0 Å². The Morgan fingerprint density at radius 1 is 0.500 bits per heavy atom. The third kappa shape index (κ3) is 2.18. The van der Waals surface area contributed by atoms with Gasteiger partial charge in [-0.25, -0.2) is 0 Å². The average Bonchev–Trinajstić information content (AvgIpc) is 3.14. The van der Waals surface area contributed by atoms with Gasteiger partial charge in [-0.2, -0.15) is 0 Å². The van der Waals surface area contributed by atoms with Crippen LogP contribution in [0.25, 0.3) is 52.8 Å². The number of benzene rings is 5. The molecule has 0 fully saturated rings. The van der Waals surface area contributed by atoms with Gasteiger partial charge in [-0.3, -0.25) is 0 Å². The Kier molecular flexibility index (Phi) is 3.49. The fourth-order valence-electron chi connectivity index (χ4n) is 4.31. The van der Waals surface area contributed by atoms with E-state index >= 15 is 0 Å². The molecule has 0 spiro atoms. The molecule has 0 aliphatic carbocycles. The van der Waals surface area contributed by atoms with E-state index in [0.29, 0.717) is 0 Å². The molecule has 0 aliphatic rings. The summed E-state index contributed by atoms with van der Waals surface area (Å²) in [4.78, 5) is 0. The quantitative estimate of drug-likeness (QED) is 0.245. The van der Waals surface area contributed by atoms with Gasteiger partial charge in [-0.15, -0.1) is 11.3 Å². The summed E-state index contributed by atoms with van der Waals surface area (Å²) in [7, 11) is 0. The summed E-state index contributed by atoms with van der Waals surface area (Å²) < 4.78 is 2.66. The van der Waals surface area contributed by atoms with Crippen LogP contribution in [0, 0.1) is 0 Å². The standard InChI is InChI=1S/C26H15ClS/c27-25-19-11-3-1-9-17(19)24(18-10-2-4-12-20(18)25)22-14-7-13-21-16-8-5-6-15-23(16)28-26(21)22/h1-15H. The normalized spacial score (nSPS) is 11.8. The van der Waals surface area contributed by atoms with E-state index in [1.165, 1.54) is 42.1 Å². The van der Waals surface area contributed by atoms with Gasteiger partial charge in [0.1, 0.15) is 0 Å². The number of rotatable bonds is 1. The molecule has 2 heteroatoms. The zero-order chi connectivity index (χ0) is 18.7. The van der Waals surface area contributed by atoms with E-state index in [4.69, 9.17) is 11.6 Å². The van der Waals surface area contributed by atoms with Crippen LogP contribution in [0.5, 0.6) is 0 Å². The fraction of sp³-hybridized carbons (Fsp3) is 0. The molecule has 0 saturated carbocycles. The molecule has 0 atom stereocenters. The number of thiophene rings is 1. The first kappa shape index (κ1) is 16.1. The summed E-state index contributed by atoms with van der Waals surface area (Å²) >= 11 is 8.69. The fourth-order valence-corrected chi connectivity index (χ4v) is 5.86. The molecule has 0 amide bonds. The van der Waals surface area contributed by atoms with Gasteiger partial charge in [0.15, 0.2) is 0 Å². The van der Waals surface area contributed by atoms with Gasteiger partial charge < -0.3 is 0 Å². The first-order chi connectivity index (χ1) is 13.8. The van der Waals surface area contributed by atoms with Crippen molar-refractivity contribution in [3.8, 4) is 11.1 Å². The Morgan fingerprint density at radius 3 is 1.71 bits per heavy atom. The topological polar surface area (TPSA) is 0 Å². The average molecular weight is 395 g/mol. The highest BCUT2D eigenvalue weighted by Crippen LogP contribution is 2.46. The first-order valence-electron chi connectivity index (χ1n) is 9.32. The minimum absolute atomic E-state index is 0.832. The highest BCUT2D eigenvalue weighted by molar-refractivity contribution is 7.26. The molecule has 1 aromatic heterocycles. The molecule has 0 bridgehead atoms. The van der Waals surface area contributed by atoms with Crippen molar-refractivity contribution >= 4 is 64.7 Å². The first-order valence-corrected chi connectivity index (χ1v) is 10.5. The van der Waals surface area contributed by atoms with Gasteiger partial charge in [0, 0.05) is 36.5 Å². The van der Waals surface area contributed by atoms with Crippen molar-refractivity contribution in [3.05, 3.63) is 96.0 Å². The molecule has 0 unspecified atom stereocenters. The van der Waals surface area contributed by atoms with E-state index < -0.39 is 0 Å². The molecule has 0 radical (unpaired) electrons. The second-order valence-electron chi connectivity index (χ2n) is 7.06. The summed E-state index contributed by atoms with van der Waals surface area (Å²) in [5.41, 5.74) is 2.55. The summed E-state index contributed by atoms with van der Waals surface area (Å²) in [6.07, 6.45) is 0. The van der Waals surface area contributed by atoms with Crippen molar-refractivity contribution in [2.75, 3.05) is 0 Å². The maximum absolute atomic E-state index is 6.82. The maximum Gasteiger partial charge on any atom is 0.0563 e. The predicted octanol–water partition coefficient (Wildman–Crippen LogP) is 8.68. The van der Waals surface area contributed by atoms with Crippen LogP contribution < -0.4 is 0 Å². The molecule has 0 saturated heterocycles. The lowest BCUT2D eigenvalue weighted by Crippen LogP contribution is -1.87. The molecule has 0 nitrogen and oxygen atoms in total. The van der Waals surface area contributed by atoms with E-state index in [2.05, 4.69) is 91.0 Å². The van der Waals surface area contributed by atoms with Gasteiger partial charge in [-0.05, 0) is 22.4 Å². The second-order valence-corrected chi connectivity index (χ2v) is 8.49. The Hall–Kier alpha value is -2.87. The molecule has 132 valence electrons. The van der Waals surface area contributed by atoms with Crippen LogP contribution in [0.15, 0.2) is 91.0 Å². The van der Waals surface area contributed by atoms with Gasteiger partial charge in [0.05, 0.1) is 5.02 Å². The maximum atomic E-state index is 6.82. The molecular weight excluding hydrogens is 380 g/mol. The number of halogens is 1. The second kappa shape index (κ2) is 6.07. The number of hydrogen-bond donors (Lipinski definition) is 0. The minimum Gasteiger partial charge on any atom is -0.135 e. The van der Waals surface area contributed by atoms with Crippen molar-refractivity contribution in [1.82, 2.24) is 0 Å². The lowest BCUT2D eigenvalue weighted by atomic mass is 9.91. The van der Waals surface area contributed by atoms with Gasteiger partial charge >= 0.3 is 0 Å². The molecule has 0 N–H and O–H groups in total. The third-order valence-electron chi connectivity index (χ3n) is 5.54. The van der Waals surface area contributed by atoms with Crippen molar-refractivity contribution in [2.45, 2.75) is 0 Å². The highest BCUT2D eigenvalue weighted by Gasteiger charge is 2.17. The molecule has 6 aromatic rings. The van der Waals surface area contributed by atoms with Crippen LogP contribution >= 0.6 is 22.9 Å². The monoisotopic (exact) mass is 394 g/mol. The summed E-state index contributed by atoms with van der Waals surface area (Å²) in [6.45, 7) is 0. The van der Waals surface area contributed by atoms with Crippen molar-refractivity contribution < 1.29 is 0 Å². The molecule has 1 heterocycles. The Labute approximate surface area is 171 Å². The van der Waals surface area contributed by atoms with Crippen molar-refractivity contribution in [2.24, 2.45) is 0 Å². The smallest absolute Gasteiger partial charge is 0.0563 e. The van der Waals surface area contributed by atoms with Gasteiger partial charge in [0.2, 0.25) is 0 Å². The van der Waals surface area contributed by atoms with E-state index in [0.717, 1.165) is 15.8 Å². The summed E-state index contributed by atoms with van der Waals surface area (Å²) in [5, 5.41) is 8.10. The summed E-state index contributed by atoms with van der Waals surface area (Å²) in [6, 6.07) is 32.3. The Bertz CT molecular complexity index is 1470. The molecule has 28 heavy (non-hydrogen) atoms. The highest BCUT2D eigenvalue weighted by atomic mass is 35.5. The van der Waals surface area contributed by atoms with Crippen LogP contribution in [0.1, 0.15) is 0 Å². The molecule has 0 aliphatic heterocycles. The van der Waals surface area contributed by atoms with Gasteiger partial charge in [0.25, 0.3) is 0 Å². The van der Waals surface area contributed by atoms with Crippen LogP contribution in [-0.2, 0) is 0 Å². The molecule has 5 aromatic carbocycles. The minimum atomic E-state index is 0.832. The third-order valence-corrected chi connectivity index (χ3v) is 7.17. The van der Waals surface area contributed by atoms with Crippen LogP contribution in [0.3, 0.4) is 0 Å². The lowest BCUT2D eigenvalue weighted by molar-refractivity contribution is 1.73. The molecule has 6 rings (SSSR count). The molecular formula is C26H15ClS. The number of fused-ring (bicyclic) bond motifs is 5. The zero-order valence-electron chi connectivity index (χ0n) is 14.9. The SMILES string of the molecule is Clc1c2ccccc2c(-c2cccc3c2sc2ccccc23)c2ccccc12. The van der Waals surface area contributed by atoms with E-state index in [1.54, 1.807) is 0 Å².